The van der Waals surface area contributed by atoms with E-state index in [-0.39, 0.29) is 12.4 Å². The zero-order valence-electron chi connectivity index (χ0n) is 12.7. The Labute approximate surface area is 128 Å². The molecular formula is C16H17NO5. The summed E-state index contributed by atoms with van der Waals surface area (Å²) in [6, 6.07) is 8.14. The Morgan fingerprint density at radius 3 is 2.41 bits per heavy atom. The number of rotatable bonds is 6. The summed E-state index contributed by atoms with van der Waals surface area (Å²) in [5.74, 6) is 0.117. The Balaban J connectivity index is 2.03. The normalized spacial score (nSPS) is 10.1. The van der Waals surface area contributed by atoms with Crippen LogP contribution in [0.5, 0.6) is 11.5 Å². The van der Waals surface area contributed by atoms with Gasteiger partial charge in [-0.2, -0.15) is 0 Å². The minimum Gasteiger partial charge on any atom is -0.493 e. The molecule has 2 aromatic rings. The first kappa shape index (κ1) is 15.6. The molecule has 6 heteroatoms. The monoisotopic (exact) mass is 303 g/mol. The molecule has 1 aromatic heterocycles. The summed E-state index contributed by atoms with van der Waals surface area (Å²) in [5.41, 5.74) is 0.775. The minimum atomic E-state index is -0.540. The van der Waals surface area contributed by atoms with Gasteiger partial charge in [-0.05, 0) is 30.3 Å². The summed E-state index contributed by atoms with van der Waals surface area (Å²) in [4.78, 5) is 23.9. The molecule has 0 saturated carbocycles. The number of carbonyl (C=O) groups is 2. The maximum atomic E-state index is 12.1. The lowest BCUT2D eigenvalue weighted by Crippen LogP contribution is -2.16. The fraction of sp³-hybridized carbons (Fsp3) is 0.250. The maximum absolute atomic E-state index is 12.1. The van der Waals surface area contributed by atoms with Gasteiger partial charge in [0.1, 0.15) is 5.69 Å². The van der Waals surface area contributed by atoms with Crippen molar-refractivity contribution in [1.82, 2.24) is 4.57 Å². The van der Waals surface area contributed by atoms with Gasteiger partial charge in [0.2, 0.25) is 0 Å². The van der Waals surface area contributed by atoms with Crippen LogP contribution in [0.4, 0.5) is 0 Å². The lowest BCUT2D eigenvalue weighted by atomic mass is 10.1. The number of hydrogen-bond acceptors (Lipinski definition) is 5. The molecular weight excluding hydrogens is 286 g/mol. The highest BCUT2D eigenvalue weighted by Crippen LogP contribution is 2.27. The summed E-state index contributed by atoms with van der Waals surface area (Å²) in [6.45, 7) is -0.334. The van der Waals surface area contributed by atoms with Gasteiger partial charge < -0.3 is 18.8 Å². The van der Waals surface area contributed by atoms with Gasteiger partial charge in [0, 0.05) is 18.8 Å². The summed E-state index contributed by atoms with van der Waals surface area (Å²) >= 11 is 0. The molecule has 1 heterocycles. The highest BCUT2D eigenvalue weighted by atomic mass is 16.5. The summed E-state index contributed by atoms with van der Waals surface area (Å²) in [7, 11) is 4.73. The average molecular weight is 303 g/mol. The lowest BCUT2D eigenvalue weighted by molar-refractivity contribution is 0.0465. The molecule has 0 bridgehead atoms. The number of aromatic nitrogens is 1. The summed E-state index contributed by atoms with van der Waals surface area (Å²) in [6.07, 6.45) is 1.73. The third-order valence-corrected chi connectivity index (χ3v) is 3.19. The second-order valence-electron chi connectivity index (χ2n) is 4.57. The van der Waals surface area contributed by atoms with E-state index < -0.39 is 5.97 Å². The first-order valence-corrected chi connectivity index (χ1v) is 6.60. The lowest BCUT2D eigenvalue weighted by Gasteiger charge is -2.09. The van der Waals surface area contributed by atoms with E-state index in [0.717, 1.165) is 0 Å². The van der Waals surface area contributed by atoms with E-state index in [1.54, 1.807) is 48.1 Å². The van der Waals surface area contributed by atoms with Crippen molar-refractivity contribution >= 4 is 11.8 Å². The number of Topliss-reactive ketones (excluding diaryl/α,β-unsaturated/α-hetero) is 1. The molecule has 0 saturated heterocycles. The second-order valence-corrected chi connectivity index (χ2v) is 4.57. The minimum absolute atomic E-state index is 0.316. The van der Waals surface area contributed by atoms with Crippen molar-refractivity contribution in [3.63, 3.8) is 0 Å². The number of ketones is 1. The number of nitrogens with zero attached hydrogens (tertiary/aromatic N) is 1. The molecule has 0 aliphatic carbocycles. The van der Waals surface area contributed by atoms with E-state index in [1.165, 1.54) is 14.2 Å². The van der Waals surface area contributed by atoms with Crippen LogP contribution in [-0.2, 0) is 11.8 Å². The van der Waals surface area contributed by atoms with E-state index >= 15 is 0 Å². The van der Waals surface area contributed by atoms with Crippen molar-refractivity contribution in [2.75, 3.05) is 20.8 Å². The van der Waals surface area contributed by atoms with Crippen molar-refractivity contribution in [3.05, 3.63) is 47.8 Å². The Kier molecular flexibility index (Phi) is 4.83. The number of benzene rings is 1. The maximum Gasteiger partial charge on any atom is 0.355 e. The molecule has 22 heavy (non-hydrogen) atoms. The van der Waals surface area contributed by atoms with E-state index in [1.807, 2.05) is 0 Å². The van der Waals surface area contributed by atoms with Gasteiger partial charge >= 0.3 is 5.97 Å². The largest absolute Gasteiger partial charge is 0.493 e. The molecule has 0 fully saturated rings. The predicted molar refractivity (Wildman–Crippen MR) is 79.6 cm³/mol. The number of ether oxygens (including phenoxy) is 3. The van der Waals surface area contributed by atoms with Crippen molar-refractivity contribution in [2.24, 2.45) is 7.05 Å². The van der Waals surface area contributed by atoms with Crippen molar-refractivity contribution in [3.8, 4) is 11.5 Å². The van der Waals surface area contributed by atoms with Gasteiger partial charge in [-0.3, -0.25) is 4.79 Å². The van der Waals surface area contributed by atoms with Gasteiger partial charge in [0.05, 0.1) is 14.2 Å². The van der Waals surface area contributed by atoms with Crippen LogP contribution in [-0.4, -0.2) is 37.1 Å². The van der Waals surface area contributed by atoms with Crippen LogP contribution in [0.1, 0.15) is 20.8 Å². The first-order chi connectivity index (χ1) is 10.6. The average Bonchev–Trinajstić information content (AvgIpc) is 2.97. The van der Waals surface area contributed by atoms with Crippen LogP contribution in [0.25, 0.3) is 0 Å². The molecule has 0 spiro atoms. The molecule has 2 rings (SSSR count). The quantitative estimate of drug-likeness (QED) is 0.604. The SMILES string of the molecule is COc1ccc(C(=O)COC(=O)c2cccn2C)cc1OC. The van der Waals surface area contributed by atoms with Crippen LogP contribution in [0.2, 0.25) is 0 Å². The third kappa shape index (κ3) is 3.28. The van der Waals surface area contributed by atoms with E-state index in [0.29, 0.717) is 22.8 Å². The van der Waals surface area contributed by atoms with Gasteiger partial charge in [-0.15, -0.1) is 0 Å². The molecule has 6 nitrogen and oxygen atoms in total. The summed E-state index contributed by atoms with van der Waals surface area (Å²) in [5, 5.41) is 0. The standard InChI is InChI=1S/C16H17NO5/c1-17-8-4-5-12(17)16(19)22-10-13(18)11-6-7-14(20-2)15(9-11)21-3/h4-9H,10H2,1-3H3. The van der Waals surface area contributed by atoms with E-state index in [2.05, 4.69) is 0 Å². The number of hydrogen-bond donors (Lipinski definition) is 0. The fourth-order valence-electron chi connectivity index (χ4n) is 1.97. The Bertz CT molecular complexity index is 690. The predicted octanol–water partition coefficient (Wildman–Crippen LogP) is 2.08. The van der Waals surface area contributed by atoms with Gasteiger partial charge in [0.15, 0.2) is 23.9 Å². The first-order valence-electron chi connectivity index (χ1n) is 6.60. The van der Waals surface area contributed by atoms with Gasteiger partial charge in [0.25, 0.3) is 0 Å². The topological polar surface area (TPSA) is 66.8 Å². The number of esters is 1. The smallest absolute Gasteiger partial charge is 0.355 e. The van der Waals surface area contributed by atoms with Crippen molar-refractivity contribution in [2.45, 2.75) is 0 Å². The fourth-order valence-corrected chi connectivity index (χ4v) is 1.97. The highest BCUT2D eigenvalue weighted by Gasteiger charge is 2.15. The molecule has 1 aromatic carbocycles. The molecule has 0 aliphatic heterocycles. The molecule has 0 radical (unpaired) electrons. The van der Waals surface area contributed by atoms with Crippen LogP contribution in [0.15, 0.2) is 36.5 Å². The number of methoxy groups -OCH3 is 2. The summed E-state index contributed by atoms with van der Waals surface area (Å²) < 4.78 is 16.9. The molecule has 0 atom stereocenters. The Morgan fingerprint density at radius 2 is 1.82 bits per heavy atom. The Morgan fingerprint density at radius 1 is 1.09 bits per heavy atom. The zero-order chi connectivity index (χ0) is 16.1. The van der Waals surface area contributed by atoms with Crippen molar-refractivity contribution in [1.29, 1.82) is 0 Å². The van der Waals surface area contributed by atoms with E-state index in [9.17, 15) is 9.59 Å². The molecule has 0 N–H and O–H groups in total. The van der Waals surface area contributed by atoms with Gasteiger partial charge in [-0.25, -0.2) is 4.79 Å². The number of aryl methyl sites for hydroxylation is 1. The molecule has 0 unspecified atom stereocenters. The molecule has 0 aliphatic rings. The van der Waals surface area contributed by atoms with E-state index in [4.69, 9.17) is 14.2 Å². The molecule has 116 valence electrons. The zero-order valence-corrected chi connectivity index (χ0v) is 12.7. The molecule has 0 amide bonds. The van der Waals surface area contributed by atoms with Crippen LogP contribution in [0.3, 0.4) is 0 Å². The van der Waals surface area contributed by atoms with Gasteiger partial charge in [-0.1, -0.05) is 0 Å². The third-order valence-electron chi connectivity index (χ3n) is 3.19. The Hall–Kier alpha value is -2.76. The number of carbonyl (C=O) groups excluding carboxylic acids is 2. The van der Waals surface area contributed by atoms with Crippen LogP contribution < -0.4 is 9.47 Å². The van der Waals surface area contributed by atoms with Crippen molar-refractivity contribution < 1.29 is 23.8 Å². The van der Waals surface area contributed by atoms with Crippen LogP contribution in [0, 0.1) is 0 Å². The second kappa shape index (κ2) is 6.80. The highest BCUT2D eigenvalue weighted by molar-refractivity contribution is 5.99. The van der Waals surface area contributed by atoms with Crippen LogP contribution >= 0.6 is 0 Å².